The Hall–Kier alpha value is -1.88. The number of hydrogen-bond acceptors (Lipinski definition) is 4. The van der Waals surface area contributed by atoms with Crippen molar-refractivity contribution in [2.24, 2.45) is 11.8 Å². The van der Waals surface area contributed by atoms with Crippen molar-refractivity contribution in [2.75, 3.05) is 19.6 Å². The molecule has 136 valence electrons. The lowest BCUT2D eigenvalue weighted by molar-refractivity contribution is -0.121. The van der Waals surface area contributed by atoms with Crippen LogP contribution in [-0.4, -0.2) is 41.1 Å². The molecule has 0 spiro atoms. The van der Waals surface area contributed by atoms with Crippen molar-refractivity contribution in [2.45, 2.75) is 46.1 Å². The Balaban J connectivity index is 1.58. The van der Waals surface area contributed by atoms with Gasteiger partial charge >= 0.3 is 0 Å². The molecule has 1 saturated heterocycles. The summed E-state index contributed by atoms with van der Waals surface area (Å²) in [5.74, 6) is 1.41. The van der Waals surface area contributed by atoms with Crippen LogP contribution in [0.2, 0.25) is 0 Å². The minimum Gasteiger partial charge on any atom is -0.356 e. The second kappa shape index (κ2) is 7.16. The minimum atomic E-state index is -0.0511. The highest BCUT2D eigenvalue weighted by Gasteiger charge is 2.32. The van der Waals surface area contributed by atoms with E-state index in [4.69, 9.17) is 4.52 Å². The number of benzene rings is 1. The first-order valence-electron chi connectivity index (χ1n) is 9.20. The second-order valence-corrected chi connectivity index (χ2v) is 8.24. The number of nitrogens with zero attached hydrogens (tertiary/aromatic N) is 2. The maximum Gasteiger partial charge on any atom is 0.226 e. The Bertz CT molecular complexity index is 727. The van der Waals surface area contributed by atoms with Crippen LogP contribution in [0.3, 0.4) is 0 Å². The van der Waals surface area contributed by atoms with Gasteiger partial charge in [0.1, 0.15) is 5.69 Å². The number of rotatable bonds is 5. The molecule has 1 aromatic carbocycles. The van der Waals surface area contributed by atoms with Crippen molar-refractivity contribution >= 4 is 16.9 Å². The molecule has 5 heteroatoms. The van der Waals surface area contributed by atoms with Crippen LogP contribution < -0.4 is 5.32 Å². The summed E-state index contributed by atoms with van der Waals surface area (Å²) in [7, 11) is 0. The van der Waals surface area contributed by atoms with Gasteiger partial charge < -0.3 is 9.84 Å². The lowest BCUT2D eigenvalue weighted by Crippen LogP contribution is -2.56. The van der Waals surface area contributed by atoms with Crippen molar-refractivity contribution in [3.63, 3.8) is 0 Å². The van der Waals surface area contributed by atoms with E-state index in [0.717, 1.165) is 24.1 Å². The highest BCUT2D eigenvalue weighted by atomic mass is 16.5. The smallest absolute Gasteiger partial charge is 0.226 e. The molecule has 0 saturated carbocycles. The van der Waals surface area contributed by atoms with E-state index < -0.39 is 0 Å². The van der Waals surface area contributed by atoms with Gasteiger partial charge in [0.2, 0.25) is 5.91 Å². The van der Waals surface area contributed by atoms with Crippen LogP contribution in [0.1, 0.15) is 39.8 Å². The van der Waals surface area contributed by atoms with E-state index in [1.165, 1.54) is 6.42 Å². The maximum atomic E-state index is 12.4. The Kier molecular flexibility index (Phi) is 5.13. The van der Waals surface area contributed by atoms with Gasteiger partial charge in [0.05, 0.1) is 6.42 Å². The number of nitrogens with one attached hydrogen (secondary N) is 1. The Labute approximate surface area is 149 Å². The summed E-state index contributed by atoms with van der Waals surface area (Å²) in [5, 5.41) is 8.05. The average molecular weight is 343 g/mol. The molecule has 0 aliphatic carbocycles. The fourth-order valence-electron chi connectivity index (χ4n) is 3.86. The van der Waals surface area contributed by atoms with E-state index in [9.17, 15) is 4.79 Å². The summed E-state index contributed by atoms with van der Waals surface area (Å²) in [4.78, 5) is 14.9. The number of amides is 1. The standard InChI is InChI=1S/C20H29N3O2/c1-14-9-15(2)12-23(11-14)20(3,4)13-21-19(24)10-17-16-7-5-6-8-18(16)25-22-17/h5-8,14-15H,9-13H2,1-4H3,(H,21,24). The van der Waals surface area contributed by atoms with E-state index in [2.05, 4.69) is 43.1 Å². The number of fused-ring (bicyclic) bond motifs is 1. The quantitative estimate of drug-likeness (QED) is 0.905. The molecule has 0 radical (unpaired) electrons. The molecule has 0 bridgehead atoms. The monoisotopic (exact) mass is 343 g/mol. The van der Waals surface area contributed by atoms with Gasteiger partial charge in [-0.2, -0.15) is 0 Å². The van der Waals surface area contributed by atoms with E-state index in [1.54, 1.807) is 0 Å². The number of hydrogen-bond donors (Lipinski definition) is 1. The SMILES string of the molecule is CC1CC(C)CN(C(C)(C)CNC(=O)Cc2noc3ccccc23)C1. The summed E-state index contributed by atoms with van der Waals surface area (Å²) in [6.45, 7) is 11.9. The molecular formula is C20H29N3O2. The van der Waals surface area contributed by atoms with Crippen molar-refractivity contribution in [1.82, 2.24) is 15.4 Å². The highest BCUT2D eigenvalue weighted by Crippen LogP contribution is 2.27. The number of likely N-dealkylation sites (tertiary alicyclic amines) is 1. The van der Waals surface area contributed by atoms with Crippen LogP contribution in [0.4, 0.5) is 0 Å². The molecule has 1 fully saturated rings. The Morgan fingerprint density at radius 1 is 1.28 bits per heavy atom. The summed E-state index contributed by atoms with van der Waals surface area (Å²) in [6.07, 6.45) is 1.54. The minimum absolute atomic E-state index is 0.00904. The molecule has 2 heterocycles. The molecule has 2 aromatic rings. The molecule has 2 unspecified atom stereocenters. The van der Waals surface area contributed by atoms with Gasteiger partial charge in [0, 0.05) is 30.6 Å². The van der Waals surface area contributed by atoms with Crippen molar-refractivity contribution in [3.05, 3.63) is 30.0 Å². The highest BCUT2D eigenvalue weighted by molar-refractivity contribution is 5.86. The summed E-state index contributed by atoms with van der Waals surface area (Å²) in [5.41, 5.74) is 1.37. The topological polar surface area (TPSA) is 58.4 Å². The predicted molar refractivity (Wildman–Crippen MR) is 99.3 cm³/mol. The zero-order valence-electron chi connectivity index (χ0n) is 15.7. The molecule has 3 rings (SSSR count). The average Bonchev–Trinajstić information content (AvgIpc) is 2.95. The van der Waals surface area contributed by atoms with Gasteiger partial charge in [0.15, 0.2) is 5.58 Å². The molecule has 25 heavy (non-hydrogen) atoms. The largest absolute Gasteiger partial charge is 0.356 e. The van der Waals surface area contributed by atoms with Gasteiger partial charge in [-0.05, 0) is 44.2 Å². The van der Waals surface area contributed by atoms with Gasteiger partial charge in [-0.15, -0.1) is 0 Å². The van der Waals surface area contributed by atoms with E-state index in [-0.39, 0.29) is 17.9 Å². The molecule has 1 aromatic heterocycles. The Morgan fingerprint density at radius 2 is 1.96 bits per heavy atom. The zero-order chi connectivity index (χ0) is 18.0. The number of carbonyl (C=O) groups is 1. The molecule has 5 nitrogen and oxygen atoms in total. The van der Waals surface area contributed by atoms with Gasteiger partial charge in [-0.1, -0.05) is 31.1 Å². The van der Waals surface area contributed by atoms with Crippen molar-refractivity contribution < 1.29 is 9.32 Å². The predicted octanol–water partition coefficient (Wildman–Crippen LogP) is 3.24. The number of para-hydroxylation sites is 1. The summed E-state index contributed by atoms with van der Waals surface area (Å²) >= 11 is 0. The first kappa shape index (κ1) is 17.9. The number of carbonyl (C=O) groups excluding carboxylic acids is 1. The van der Waals surface area contributed by atoms with Gasteiger partial charge in [0.25, 0.3) is 0 Å². The third kappa shape index (κ3) is 4.21. The first-order chi connectivity index (χ1) is 11.8. The molecule has 1 N–H and O–H groups in total. The fourth-order valence-corrected chi connectivity index (χ4v) is 3.86. The Morgan fingerprint density at radius 3 is 2.68 bits per heavy atom. The van der Waals surface area contributed by atoms with Crippen molar-refractivity contribution in [3.8, 4) is 0 Å². The van der Waals surface area contributed by atoms with Crippen LogP contribution in [0.15, 0.2) is 28.8 Å². The van der Waals surface area contributed by atoms with E-state index >= 15 is 0 Å². The maximum absolute atomic E-state index is 12.4. The van der Waals surface area contributed by atoms with Crippen LogP contribution in [0.25, 0.3) is 11.0 Å². The van der Waals surface area contributed by atoms with E-state index in [0.29, 0.717) is 24.1 Å². The lowest BCUT2D eigenvalue weighted by Gasteiger charge is -2.45. The molecular weight excluding hydrogens is 314 g/mol. The fraction of sp³-hybridized carbons (Fsp3) is 0.600. The number of aromatic nitrogens is 1. The van der Waals surface area contributed by atoms with Crippen LogP contribution >= 0.6 is 0 Å². The molecule has 2 atom stereocenters. The van der Waals surface area contributed by atoms with Crippen LogP contribution in [0, 0.1) is 11.8 Å². The zero-order valence-corrected chi connectivity index (χ0v) is 15.7. The normalized spacial score (nSPS) is 22.2. The van der Waals surface area contributed by atoms with Crippen LogP contribution in [0.5, 0.6) is 0 Å². The lowest BCUT2D eigenvalue weighted by atomic mass is 9.88. The second-order valence-electron chi connectivity index (χ2n) is 8.24. The van der Waals surface area contributed by atoms with E-state index in [1.807, 2.05) is 24.3 Å². The first-order valence-corrected chi connectivity index (χ1v) is 9.20. The summed E-state index contributed by atoms with van der Waals surface area (Å²) < 4.78 is 5.28. The molecule has 1 aliphatic rings. The van der Waals surface area contributed by atoms with Gasteiger partial charge in [-0.3, -0.25) is 9.69 Å². The molecule has 1 amide bonds. The number of piperidine rings is 1. The third-order valence-corrected chi connectivity index (χ3v) is 5.22. The van der Waals surface area contributed by atoms with Crippen molar-refractivity contribution in [1.29, 1.82) is 0 Å². The molecule has 1 aliphatic heterocycles. The summed E-state index contributed by atoms with van der Waals surface area (Å²) in [6, 6.07) is 7.64. The van der Waals surface area contributed by atoms with Crippen LogP contribution in [-0.2, 0) is 11.2 Å². The van der Waals surface area contributed by atoms with Gasteiger partial charge in [-0.25, -0.2) is 0 Å². The third-order valence-electron chi connectivity index (χ3n) is 5.22.